The summed E-state index contributed by atoms with van der Waals surface area (Å²) in [5.41, 5.74) is 2.88. The van der Waals surface area contributed by atoms with Gasteiger partial charge in [0.25, 0.3) is 0 Å². The normalized spacial score (nSPS) is 12.2. The molecule has 0 aliphatic heterocycles. The van der Waals surface area contributed by atoms with Gasteiger partial charge in [0, 0.05) is 5.69 Å². The Labute approximate surface area is 123 Å². The summed E-state index contributed by atoms with van der Waals surface area (Å²) in [6, 6.07) is 9.62. The molecule has 2 rings (SSSR count). The molecule has 1 atom stereocenters. The average molecular weight is 290 g/mol. The fourth-order valence-electron chi connectivity index (χ4n) is 1.78. The number of esters is 1. The van der Waals surface area contributed by atoms with Crippen molar-refractivity contribution >= 4 is 17.7 Å². The van der Waals surface area contributed by atoms with E-state index in [9.17, 15) is 4.79 Å². The summed E-state index contributed by atoms with van der Waals surface area (Å²) in [6.07, 6.45) is 0. The highest BCUT2D eigenvalue weighted by Gasteiger charge is 2.24. The summed E-state index contributed by atoms with van der Waals surface area (Å²) >= 11 is 1.38. The van der Waals surface area contributed by atoms with Crippen molar-refractivity contribution in [3.05, 3.63) is 47.3 Å². The van der Waals surface area contributed by atoms with E-state index in [-0.39, 0.29) is 5.97 Å². The first-order valence-electron chi connectivity index (χ1n) is 6.53. The summed E-state index contributed by atoms with van der Waals surface area (Å²) in [5, 5.41) is 0.336. The average Bonchev–Trinajstić information content (AvgIpc) is 2.76. The van der Waals surface area contributed by atoms with Gasteiger partial charge in [0.1, 0.15) is 5.25 Å². The fraction of sp³-hybridized carbons (Fsp3) is 0.333. The third-order valence-corrected chi connectivity index (χ3v) is 4.06. The molecule has 1 aromatic heterocycles. The molecule has 0 aliphatic carbocycles. The molecule has 1 aromatic carbocycles. The van der Waals surface area contributed by atoms with Crippen molar-refractivity contribution in [1.82, 2.24) is 9.97 Å². The van der Waals surface area contributed by atoms with Crippen LogP contribution in [0, 0.1) is 13.8 Å². The van der Waals surface area contributed by atoms with Crippen molar-refractivity contribution in [2.45, 2.75) is 31.2 Å². The number of aromatic nitrogens is 2. The zero-order valence-electron chi connectivity index (χ0n) is 11.8. The predicted molar refractivity (Wildman–Crippen MR) is 79.7 cm³/mol. The van der Waals surface area contributed by atoms with Crippen molar-refractivity contribution in [2.24, 2.45) is 0 Å². The van der Waals surface area contributed by atoms with Gasteiger partial charge in [-0.25, -0.2) is 4.98 Å². The first-order valence-corrected chi connectivity index (χ1v) is 7.41. The number of carbonyl (C=O) groups excluding carboxylic acids is 1. The van der Waals surface area contributed by atoms with Crippen molar-refractivity contribution in [3.8, 4) is 0 Å². The molecule has 0 spiro atoms. The number of ether oxygens (including phenoxy) is 1. The van der Waals surface area contributed by atoms with Gasteiger partial charge in [0.15, 0.2) is 5.16 Å². The molecular formula is C15H18N2O2S. The van der Waals surface area contributed by atoms with Gasteiger partial charge in [-0.2, -0.15) is 0 Å². The lowest BCUT2D eigenvalue weighted by atomic mass is 10.1. The minimum Gasteiger partial charge on any atom is -0.465 e. The summed E-state index contributed by atoms with van der Waals surface area (Å²) in [6.45, 7) is 6.09. The molecule has 1 unspecified atom stereocenters. The minimum atomic E-state index is -0.402. The largest absolute Gasteiger partial charge is 0.465 e. The van der Waals surface area contributed by atoms with Gasteiger partial charge >= 0.3 is 5.97 Å². The standard InChI is InChI=1S/C15H18N2O2S/c1-4-19-14(18)13(12-8-6-5-7-9-12)20-15-16-10(2)11(3)17-15/h5-9,13H,4H2,1-3H3,(H,16,17). The second-order valence-corrected chi connectivity index (χ2v) is 5.51. The molecule has 20 heavy (non-hydrogen) atoms. The lowest BCUT2D eigenvalue weighted by Gasteiger charge is -2.14. The van der Waals surface area contributed by atoms with Gasteiger partial charge in [-0.05, 0) is 26.3 Å². The molecule has 5 heteroatoms. The monoisotopic (exact) mass is 290 g/mol. The van der Waals surface area contributed by atoms with E-state index in [0.717, 1.165) is 22.1 Å². The summed E-state index contributed by atoms with van der Waals surface area (Å²) < 4.78 is 5.17. The zero-order chi connectivity index (χ0) is 14.5. The molecular weight excluding hydrogens is 272 g/mol. The SMILES string of the molecule is CCOC(=O)C(Sc1nc(C)c(C)[nH]1)c1ccccc1. The minimum absolute atomic E-state index is 0.240. The molecule has 0 saturated heterocycles. The van der Waals surface area contributed by atoms with Crippen LogP contribution in [-0.2, 0) is 9.53 Å². The number of thioether (sulfide) groups is 1. The number of aromatic amines is 1. The van der Waals surface area contributed by atoms with E-state index in [1.807, 2.05) is 51.1 Å². The molecule has 2 aromatic rings. The lowest BCUT2D eigenvalue weighted by molar-refractivity contribution is -0.142. The van der Waals surface area contributed by atoms with Gasteiger partial charge in [0.2, 0.25) is 0 Å². The van der Waals surface area contributed by atoms with Crippen LogP contribution in [-0.4, -0.2) is 22.5 Å². The van der Waals surface area contributed by atoms with E-state index >= 15 is 0 Å². The van der Waals surface area contributed by atoms with Crippen LogP contribution in [0.1, 0.15) is 29.1 Å². The predicted octanol–water partition coefficient (Wildman–Crippen LogP) is 3.42. The van der Waals surface area contributed by atoms with Crippen molar-refractivity contribution in [2.75, 3.05) is 6.61 Å². The van der Waals surface area contributed by atoms with Gasteiger partial charge < -0.3 is 9.72 Å². The smallest absolute Gasteiger partial charge is 0.324 e. The van der Waals surface area contributed by atoms with Crippen LogP contribution in [0.4, 0.5) is 0 Å². The second-order valence-electron chi connectivity index (χ2n) is 4.41. The first-order chi connectivity index (χ1) is 9.61. The Bertz CT molecular complexity index is 561. The summed E-state index contributed by atoms with van der Waals surface area (Å²) in [7, 11) is 0. The molecule has 0 amide bonds. The first kappa shape index (κ1) is 14.7. The van der Waals surface area contributed by atoms with Crippen LogP contribution < -0.4 is 0 Å². The fourth-order valence-corrected chi connectivity index (χ4v) is 2.86. The number of aryl methyl sites for hydroxylation is 2. The van der Waals surface area contributed by atoms with Crippen LogP contribution in [0.2, 0.25) is 0 Å². The molecule has 1 heterocycles. The summed E-state index contributed by atoms with van der Waals surface area (Å²) in [5.74, 6) is -0.240. The highest BCUT2D eigenvalue weighted by atomic mass is 32.2. The van der Waals surface area contributed by atoms with E-state index in [1.54, 1.807) is 0 Å². The van der Waals surface area contributed by atoms with Crippen LogP contribution >= 0.6 is 11.8 Å². The van der Waals surface area contributed by atoms with E-state index < -0.39 is 5.25 Å². The number of imidazole rings is 1. The number of H-pyrrole nitrogens is 1. The van der Waals surface area contributed by atoms with Crippen molar-refractivity contribution in [3.63, 3.8) is 0 Å². The van der Waals surface area contributed by atoms with Gasteiger partial charge in [-0.15, -0.1) is 0 Å². The zero-order valence-corrected chi connectivity index (χ0v) is 12.7. The maximum absolute atomic E-state index is 12.2. The third kappa shape index (κ3) is 3.42. The van der Waals surface area contributed by atoms with Gasteiger partial charge in [-0.3, -0.25) is 4.79 Å². The maximum Gasteiger partial charge on any atom is 0.324 e. The number of rotatable bonds is 5. The van der Waals surface area contributed by atoms with Crippen LogP contribution in [0.25, 0.3) is 0 Å². The van der Waals surface area contributed by atoms with Crippen molar-refractivity contribution < 1.29 is 9.53 Å². The van der Waals surface area contributed by atoms with Crippen LogP contribution in [0.5, 0.6) is 0 Å². The Morgan fingerprint density at radius 1 is 1.35 bits per heavy atom. The quantitative estimate of drug-likeness (QED) is 0.677. The summed E-state index contributed by atoms with van der Waals surface area (Å²) in [4.78, 5) is 19.8. The molecule has 0 aliphatic rings. The maximum atomic E-state index is 12.2. The van der Waals surface area contributed by atoms with E-state index in [1.165, 1.54) is 11.8 Å². The van der Waals surface area contributed by atoms with E-state index in [4.69, 9.17) is 4.74 Å². The molecule has 1 N–H and O–H groups in total. The molecule has 0 bridgehead atoms. The van der Waals surface area contributed by atoms with Crippen LogP contribution in [0.15, 0.2) is 35.5 Å². The Morgan fingerprint density at radius 2 is 2.05 bits per heavy atom. The molecule has 106 valence electrons. The van der Waals surface area contributed by atoms with Crippen molar-refractivity contribution in [1.29, 1.82) is 0 Å². The number of nitrogens with zero attached hydrogens (tertiary/aromatic N) is 1. The molecule has 0 saturated carbocycles. The van der Waals surface area contributed by atoms with E-state index in [0.29, 0.717) is 6.61 Å². The number of carbonyl (C=O) groups is 1. The highest BCUT2D eigenvalue weighted by Crippen LogP contribution is 2.35. The number of hydrogen-bond acceptors (Lipinski definition) is 4. The number of hydrogen-bond donors (Lipinski definition) is 1. The van der Waals surface area contributed by atoms with Crippen LogP contribution in [0.3, 0.4) is 0 Å². The third-order valence-electron chi connectivity index (χ3n) is 2.94. The Balaban J connectivity index is 2.25. The Morgan fingerprint density at radius 3 is 2.60 bits per heavy atom. The Kier molecular flexibility index (Phi) is 4.84. The highest BCUT2D eigenvalue weighted by molar-refractivity contribution is 8.00. The van der Waals surface area contributed by atoms with Gasteiger partial charge in [0.05, 0.1) is 12.3 Å². The van der Waals surface area contributed by atoms with E-state index in [2.05, 4.69) is 9.97 Å². The lowest BCUT2D eigenvalue weighted by Crippen LogP contribution is -2.13. The second kappa shape index (κ2) is 6.61. The molecule has 0 radical (unpaired) electrons. The number of benzene rings is 1. The Hall–Kier alpha value is -1.75. The van der Waals surface area contributed by atoms with Gasteiger partial charge in [-0.1, -0.05) is 42.1 Å². The number of nitrogens with one attached hydrogen (secondary N) is 1. The topological polar surface area (TPSA) is 55.0 Å². The molecule has 0 fully saturated rings. The molecule has 4 nitrogen and oxygen atoms in total.